The molecule has 4 aromatic carbocycles. The van der Waals surface area contributed by atoms with Gasteiger partial charge in [-0.3, -0.25) is 4.79 Å². The molecule has 0 spiro atoms. The Balaban J connectivity index is 0.00000308. The van der Waals surface area contributed by atoms with Crippen LogP contribution in [0.2, 0.25) is 0 Å². The molecule has 6 rings (SSSR count). The van der Waals surface area contributed by atoms with Crippen molar-refractivity contribution in [1.82, 2.24) is 0 Å². The Morgan fingerprint density at radius 3 is 2.28 bits per heavy atom. The number of amidine groups is 1. The predicted octanol–water partition coefficient (Wildman–Crippen LogP) is 6.55. The molecule has 0 radical (unpaired) electrons. The minimum absolute atomic E-state index is 0. The molecule has 0 unspecified atom stereocenters. The summed E-state index contributed by atoms with van der Waals surface area (Å²) in [7, 11) is 0. The third kappa shape index (κ3) is 6.69. The fourth-order valence-corrected chi connectivity index (χ4v) is 4.97. The van der Waals surface area contributed by atoms with Crippen LogP contribution >= 0.6 is 11.8 Å². The van der Waals surface area contributed by atoms with Crippen LogP contribution in [0, 0.1) is 0 Å². The van der Waals surface area contributed by atoms with Gasteiger partial charge in [-0.25, -0.2) is 0 Å². The monoisotopic (exact) mass is 542 g/mol. The number of aliphatic imine (C=N–C) groups is 1. The SMILES string of the molecule is O=C1N=C(Nc2ccc(CC3N=NN=N3)cc2)S/C1=C/c1cc2ccccc2cc1OCc1ccccc1.[NaH]. The van der Waals surface area contributed by atoms with Crippen LogP contribution < -0.4 is 10.1 Å². The molecule has 0 atom stereocenters. The van der Waals surface area contributed by atoms with Crippen LogP contribution in [0.4, 0.5) is 5.69 Å². The number of carbonyl (C=O) groups is 1. The summed E-state index contributed by atoms with van der Waals surface area (Å²) in [6.07, 6.45) is 2.23. The topological polar surface area (TPSA) is 100 Å². The average Bonchev–Trinajstić information content (AvgIpc) is 3.58. The standard InChI is InChI=1S/C29H22N6O2S.Na.H/c36-28-26(38-29(31-28)30-24-12-10-19(11-13-24)14-27-32-34-35-33-27)17-23-15-21-8-4-5-9-22(21)16-25(23)37-18-20-6-2-1-3-7-20;;/h1-13,15-17,27H,14,18H2,(H,30,31,36);;/b26-17+;;. The van der Waals surface area contributed by atoms with Crippen molar-refractivity contribution in [2.75, 3.05) is 5.32 Å². The quantitative estimate of drug-likeness (QED) is 0.211. The van der Waals surface area contributed by atoms with Gasteiger partial charge < -0.3 is 10.1 Å². The first-order chi connectivity index (χ1) is 18.7. The number of benzene rings is 4. The maximum absolute atomic E-state index is 12.8. The summed E-state index contributed by atoms with van der Waals surface area (Å²) < 4.78 is 6.21. The van der Waals surface area contributed by atoms with Crippen molar-refractivity contribution in [3.63, 3.8) is 0 Å². The van der Waals surface area contributed by atoms with E-state index >= 15 is 0 Å². The van der Waals surface area contributed by atoms with Crippen LogP contribution in [0.5, 0.6) is 5.75 Å². The minimum atomic E-state index is -0.284. The van der Waals surface area contributed by atoms with E-state index in [0.717, 1.165) is 33.2 Å². The van der Waals surface area contributed by atoms with Crippen LogP contribution in [-0.2, 0) is 17.8 Å². The Morgan fingerprint density at radius 1 is 0.846 bits per heavy atom. The Hall–Kier alpha value is -3.63. The Morgan fingerprint density at radius 2 is 1.54 bits per heavy atom. The van der Waals surface area contributed by atoms with Gasteiger partial charge in [0.25, 0.3) is 5.91 Å². The molecule has 1 N–H and O–H groups in total. The van der Waals surface area contributed by atoms with Crippen LogP contribution in [0.3, 0.4) is 0 Å². The van der Waals surface area contributed by atoms with Gasteiger partial charge in [-0.2, -0.15) is 4.99 Å². The summed E-state index contributed by atoms with van der Waals surface area (Å²) >= 11 is 1.31. The molecule has 2 aliphatic rings. The van der Waals surface area contributed by atoms with Crippen molar-refractivity contribution in [1.29, 1.82) is 0 Å². The molecular formula is C29H23N6NaO2S. The number of hydrogen-bond donors (Lipinski definition) is 1. The number of carbonyl (C=O) groups excluding carboxylic acids is 1. The van der Waals surface area contributed by atoms with E-state index in [1.54, 1.807) is 0 Å². The number of anilines is 1. The van der Waals surface area contributed by atoms with Gasteiger partial charge in [-0.05, 0) is 74.4 Å². The first-order valence-electron chi connectivity index (χ1n) is 12.1. The van der Waals surface area contributed by atoms with E-state index in [0.29, 0.717) is 28.9 Å². The van der Waals surface area contributed by atoms with Gasteiger partial charge in [-0.15, -0.1) is 10.2 Å². The molecule has 8 nitrogen and oxygen atoms in total. The molecule has 0 aromatic heterocycles. The van der Waals surface area contributed by atoms with Crippen LogP contribution in [0.1, 0.15) is 16.7 Å². The summed E-state index contributed by atoms with van der Waals surface area (Å²) in [5.74, 6) is 0.431. The van der Waals surface area contributed by atoms with Crippen molar-refractivity contribution < 1.29 is 9.53 Å². The van der Waals surface area contributed by atoms with Crippen LogP contribution in [-0.4, -0.2) is 46.8 Å². The molecular weight excluding hydrogens is 519 g/mol. The second kappa shape index (κ2) is 12.5. The van der Waals surface area contributed by atoms with Gasteiger partial charge in [-0.1, -0.05) is 66.7 Å². The van der Waals surface area contributed by atoms with Gasteiger partial charge in [0.15, 0.2) is 11.3 Å². The molecule has 0 bridgehead atoms. The van der Waals surface area contributed by atoms with E-state index in [9.17, 15) is 4.79 Å². The zero-order valence-corrected chi connectivity index (χ0v) is 21.0. The van der Waals surface area contributed by atoms with Gasteiger partial charge in [0.05, 0.1) is 4.91 Å². The van der Waals surface area contributed by atoms with E-state index in [4.69, 9.17) is 4.74 Å². The second-order valence-corrected chi connectivity index (χ2v) is 9.79. The molecule has 39 heavy (non-hydrogen) atoms. The van der Waals surface area contributed by atoms with E-state index < -0.39 is 0 Å². The molecule has 0 fully saturated rings. The number of fused-ring (bicyclic) bond motifs is 1. The van der Waals surface area contributed by atoms with Gasteiger partial charge in [0.2, 0.25) is 0 Å². The predicted molar refractivity (Wildman–Crippen MR) is 157 cm³/mol. The van der Waals surface area contributed by atoms with E-state index in [2.05, 4.69) is 37.1 Å². The number of ether oxygens (including phenoxy) is 1. The second-order valence-electron chi connectivity index (χ2n) is 8.76. The number of nitrogens with one attached hydrogen (secondary N) is 1. The molecule has 0 saturated carbocycles. The number of thioether (sulfide) groups is 1. The normalized spacial score (nSPS) is 15.5. The molecule has 0 saturated heterocycles. The summed E-state index contributed by atoms with van der Waals surface area (Å²) in [6, 6.07) is 30.0. The Kier molecular flexibility index (Phi) is 8.63. The van der Waals surface area contributed by atoms with Crippen molar-refractivity contribution in [2.45, 2.75) is 19.2 Å². The van der Waals surface area contributed by atoms with Crippen molar-refractivity contribution >= 4 is 74.9 Å². The van der Waals surface area contributed by atoms with Crippen molar-refractivity contribution in [3.8, 4) is 5.75 Å². The summed E-state index contributed by atoms with van der Waals surface area (Å²) in [5.41, 5.74) is 3.81. The molecule has 10 heteroatoms. The molecule has 188 valence electrons. The summed E-state index contributed by atoms with van der Waals surface area (Å²) in [4.78, 5) is 17.5. The number of nitrogens with zero attached hydrogens (tertiary/aromatic N) is 5. The van der Waals surface area contributed by atoms with Crippen LogP contribution in [0.25, 0.3) is 16.8 Å². The van der Waals surface area contributed by atoms with Crippen LogP contribution in [0.15, 0.2) is 122 Å². The van der Waals surface area contributed by atoms with Crippen molar-refractivity contribution in [2.24, 2.45) is 25.7 Å². The zero-order chi connectivity index (χ0) is 25.7. The Bertz CT molecular complexity index is 1610. The number of amides is 1. The van der Waals surface area contributed by atoms with E-state index in [1.807, 2.05) is 91.0 Å². The molecule has 1 amide bonds. The van der Waals surface area contributed by atoms with Gasteiger partial charge >= 0.3 is 29.6 Å². The summed E-state index contributed by atoms with van der Waals surface area (Å²) in [5, 5.41) is 20.9. The number of rotatable bonds is 7. The fraction of sp³-hybridized carbons (Fsp3) is 0.103. The molecule has 2 heterocycles. The average molecular weight is 543 g/mol. The molecule has 4 aromatic rings. The van der Waals surface area contributed by atoms with Gasteiger partial charge in [0, 0.05) is 17.7 Å². The third-order valence-corrected chi connectivity index (χ3v) is 6.95. The Labute approximate surface area is 251 Å². The summed E-state index contributed by atoms with van der Waals surface area (Å²) in [6.45, 7) is 0.433. The third-order valence-electron chi connectivity index (χ3n) is 6.06. The maximum atomic E-state index is 12.8. The van der Waals surface area contributed by atoms with Gasteiger partial charge in [0.1, 0.15) is 12.4 Å². The zero-order valence-electron chi connectivity index (χ0n) is 20.2. The van der Waals surface area contributed by atoms with E-state index in [-0.39, 0.29) is 41.6 Å². The molecule has 2 aliphatic heterocycles. The number of hydrogen-bond acceptors (Lipinski definition) is 8. The first-order valence-corrected chi connectivity index (χ1v) is 12.9. The van der Waals surface area contributed by atoms with Crippen molar-refractivity contribution in [3.05, 3.63) is 113 Å². The molecule has 0 aliphatic carbocycles. The fourth-order valence-electron chi connectivity index (χ4n) is 4.14. The first kappa shape index (κ1) is 27.0. The van der Waals surface area contributed by atoms with E-state index in [1.165, 1.54) is 11.8 Å².